The first-order chi connectivity index (χ1) is 11.1. The second-order valence-electron chi connectivity index (χ2n) is 4.82. The first kappa shape index (κ1) is 15.2. The number of rotatable bonds is 5. The molecule has 118 valence electrons. The molecule has 7 nitrogen and oxygen atoms in total. The fourth-order valence-electron chi connectivity index (χ4n) is 1.95. The number of carbonyl (C=O) groups excluding carboxylic acids is 1. The highest BCUT2D eigenvalue weighted by molar-refractivity contribution is 6.30. The van der Waals surface area contributed by atoms with Crippen LogP contribution in [0.25, 0.3) is 11.3 Å². The van der Waals surface area contributed by atoms with Crippen LogP contribution in [0, 0.1) is 6.92 Å². The van der Waals surface area contributed by atoms with E-state index in [4.69, 9.17) is 20.6 Å². The predicted molar refractivity (Wildman–Crippen MR) is 82.0 cm³/mol. The van der Waals surface area contributed by atoms with Crippen LogP contribution in [-0.2, 0) is 6.42 Å². The van der Waals surface area contributed by atoms with Crippen molar-refractivity contribution in [1.29, 1.82) is 0 Å². The van der Waals surface area contributed by atoms with Gasteiger partial charge in [-0.3, -0.25) is 4.79 Å². The second-order valence-corrected chi connectivity index (χ2v) is 5.26. The van der Waals surface area contributed by atoms with Gasteiger partial charge in [0.1, 0.15) is 0 Å². The number of amides is 1. The van der Waals surface area contributed by atoms with Gasteiger partial charge < -0.3 is 14.4 Å². The summed E-state index contributed by atoms with van der Waals surface area (Å²) in [6.45, 7) is 2.10. The Labute approximate surface area is 136 Å². The molecule has 1 aromatic carbocycles. The van der Waals surface area contributed by atoms with Crippen LogP contribution in [0.15, 0.2) is 39.4 Å². The summed E-state index contributed by atoms with van der Waals surface area (Å²) >= 11 is 5.84. The number of hydrogen-bond acceptors (Lipinski definition) is 6. The van der Waals surface area contributed by atoms with Crippen molar-refractivity contribution in [1.82, 2.24) is 20.6 Å². The van der Waals surface area contributed by atoms with Gasteiger partial charge in [0.05, 0.1) is 0 Å². The van der Waals surface area contributed by atoms with Crippen molar-refractivity contribution < 1.29 is 13.8 Å². The molecule has 0 unspecified atom stereocenters. The van der Waals surface area contributed by atoms with Gasteiger partial charge in [-0.05, 0) is 31.2 Å². The Bertz CT molecular complexity index is 810. The molecule has 0 spiro atoms. The van der Waals surface area contributed by atoms with E-state index in [1.807, 2.05) is 0 Å². The van der Waals surface area contributed by atoms with Crippen LogP contribution in [0.4, 0.5) is 0 Å². The molecule has 0 bridgehead atoms. The molecule has 23 heavy (non-hydrogen) atoms. The zero-order valence-electron chi connectivity index (χ0n) is 12.2. The molecule has 8 heteroatoms. The Morgan fingerprint density at radius 2 is 2.00 bits per heavy atom. The van der Waals surface area contributed by atoms with Crippen LogP contribution in [-0.4, -0.2) is 27.7 Å². The van der Waals surface area contributed by atoms with Crippen molar-refractivity contribution in [2.45, 2.75) is 13.3 Å². The number of aryl methyl sites for hydroxylation is 1. The SMILES string of the molecule is Cc1noc(CCNC(=O)c2cc(-c3ccc(Cl)cc3)on2)n1. The molecule has 0 fully saturated rings. The lowest BCUT2D eigenvalue weighted by Crippen LogP contribution is -2.26. The van der Waals surface area contributed by atoms with E-state index in [2.05, 4.69) is 20.6 Å². The molecular formula is C15H13ClN4O3. The van der Waals surface area contributed by atoms with Gasteiger partial charge in [0, 0.05) is 29.6 Å². The van der Waals surface area contributed by atoms with E-state index in [-0.39, 0.29) is 11.6 Å². The standard InChI is InChI=1S/C15H13ClN4O3/c1-9-18-14(23-19-9)6-7-17-15(21)12-8-13(22-20-12)10-2-4-11(16)5-3-10/h2-5,8H,6-7H2,1H3,(H,17,21). The molecular weight excluding hydrogens is 320 g/mol. The van der Waals surface area contributed by atoms with E-state index in [1.165, 1.54) is 0 Å². The molecule has 0 aliphatic rings. The van der Waals surface area contributed by atoms with E-state index in [1.54, 1.807) is 37.3 Å². The van der Waals surface area contributed by atoms with E-state index < -0.39 is 0 Å². The quantitative estimate of drug-likeness (QED) is 0.772. The number of benzene rings is 1. The maximum absolute atomic E-state index is 12.0. The van der Waals surface area contributed by atoms with Crippen molar-refractivity contribution in [3.05, 3.63) is 52.8 Å². The summed E-state index contributed by atoms with van der Waals surface area (Å²) in [5, 5.41) is 10.8. The Morgan fingerprint density at radius 1 is 1.22 bits per heavy atom. The first-order valence-corrected chi connectivity index (χ1v) is 7.29. The van der Waals surface area contributed by atoms with Crippen molar-refractivity contribution in [3.63, 3.8) is 0 Å². The number of aromatic nitrogens is 3. The Kier molecular flexibility index (Phi) is 4.38. The van der Waals surface area contributed by atoms with Gasteiger partial charge >= 0.3 is 0 Å². The molecule has 0 aliphatic heterocycles. The molecule has 0 aliphatic carbocycles. The minimum atomic E-state index is -0.329. The van der Waals surface area contributed by atoms with E-state index in [9.17, 15) is 4.79 Å². The third-order valence-corrected chi connectivity index (χ3v) is 3.32. The van der Waals surface area contributed by atoms with Gasteiger partial charge in [-0.1, -0.05) is 21.9 Å². The number of hydrogen-bond donors (Lipinski definition) is 1. The van der Waals surface area contributed by atoms with Crippen LogP contribution in [0.5, 0.6) is 0 Å². The van der Waals surface area contributed by atoms with Gasteiger partial charge in [-0.25, -0.2) is 0 Å². The van der Waals surface area contributed by atoms with Crippen LogP contribution < -0.4 is 5.32 Å². The zero-order valence-corrected chi connectivity index (χ0v) is 13.0. The average molecular weight is 333 g/mol. The number of halogens is 1. The average Bonchev–Trinajstić information content (AvgIpc) is 3.17. The Balaban J connectivity index is 1.58. The Morgan fingerprint density at radius 3 is 2.70 bits per heavy atom. The minimum absolute atomic E-state index is 0.205. The lowest BCUT2D eigenvalue weighted by atomic mass is 10.1. The lowest BCUT2D eigenvalue weighted by molar-refractivity contribution is 0.0944. The molecule has 0 saturated heterocycles. The molecule has 3 aromatic rings. The molecule has 0 atom stereocenters. The summed E-state index contributed by atoms with van der Waals surface area (Å²) in [7, 11) is 0. The molecule has 1 N–H and O–H groups in total. The summed E-state index contributed by atoms with van der Waals surface area (Å²) in [5.74, 6) is 1.21. The normalized spacial score (nSPS) is 10.7. The highest BCUT2D eigenvalue weighted by Gasteiger charge is 2.14. The lowest BCUT2D eigenvalue weighted by Gasteiger charge is -1.99. The van der Waals surface area contributed by atoms with Crippen LogP contribution >= 0.6 is 11.6 Å². The summed E-state index contributed by atoms with van der Waals surface area (Å²) in [6.07, 6.45) is 0.453. The molecule has 0 radical (unpaired) electrons. The van der Waals surface area contributed by atoms with Gasteiger partial charge in [0.25, 0.3) is 5.91 Å². The molecule has 2 heterocycles. The number of nitrogens with one attached hydrogen (secondary N) is 1. The van der Waals surface area contributed by atoms with E-state index in [0.29, 0.717) is 35.5 Å². The van der Waals surface area contributed by atoms with Gasteiger partial charge in [0.15, 0.2) is 17.3 Å². The van der Waals surface area contributed by atoms with Gasteiger partial charge in [0.2, 0.25) is 5.89 Å². The number of carbonyl (C=O) groups is 1. The highest BCUT2D eigenvalue weighted by atomic mass is 35.5. The van der Waals surface area contributed by atoms with E-state index >= 15 is 0 Å². The fraction of sp³-hybridized carbons (Fsp3) is 0.200. The third-order valence-electron chi connectivity index (χ3n) is 3.07. The summed E-state index contributed by atoms with van der Waals surface area (Å²) in [4.78, 5) is 16.1. The summed E-state index contributed by atoms with van der Waals surface area (Å²) < 4.78 is 10.2. The monoisotopic (exact) mass is 332 g/mol. The molecule has 0 saturated carbocycles. The van der Waals surface area contributed by atoms with Crippen LogP contribution in [0.2, 0.25) is 5.02 Å². The Hall–Kier alpha value is -2.67. The predicted octanol–water partition coefficient (Wildman–Crippen LogP) is 2.66. The van der Waals surface area contributed by atoms with Gasteiger partial charge in [-0.15, -0.1) is 0 Å². The highest BCUT2D eigenvalue weighted by Crippen LogP contribution is 2.22. The summed E-state index contributed by atoms with van der Waals surface area (Å²) in [6, 6.07) is 8.65. The largest absolute Gasteiger partial charge is 0.355 e. The molecule has 1 amide bonds. The fourth-order valence-corrected chi connectivity index (χ4v) is 2.07. The van der Waals surface area contributed by atoms with Gasteiger partial charge in [-0.2, -0.15) is 4.98 Å². The maximum Gasteiger partial charge on any atom is 0.273 e. The van der Waals surface area contributed by atoms with Crippen molar-refractivity contribution >= 4 is 17.5 Å². The van der Waals surface area contributed by atoms with Crippen LogP contribution in [0.3, 0.4) is 0 Å². The van der Waals surface area contributed by atoms with Crippen molar-refractivity contribution in [3.8, 4) is 11.3 Å². The topological polar surface area (TPSA) is 94.1 Å². The smallest absolute Gasteiger partial charge is 0.273 e. The van der Waals surface area contributed by atoms with Crippen LogP contribution in [0.1, 0.15) is 22.2 Å². The molecule has 2 aromatic heterocycles. The molecule has 3 rings (SSSR count). The zero-order chi connectivity index (χ0) is 16.2. The minimum Gasteiger partial charge on any atom is -0.355 e. The van der Waals surface area contributed by atoms with E-state index in [0.717, 1.165) is 5.56 Å². The first-order valence-electron chi connectivity index (χ1n) is 6.92. The maximum atomic E-state index is 12.0. The second kappa shape index (κ2) is 6.62. The van der Waals surface area contributed by atoms with Crippen molar-refractivity contribution in [2.75, 3.05) is 6.54 Å². The van der Waals surface area contributed by atoms with Crippen molar-refractivity contribution in [2.24, 2.45) is 0 Å². The third kappa shape index (κ3) is 3.75. The summed E-state index contributed by atoms with van der Waals surface area (Å²) in [5.41, 5.74) is 0.999. The number of nitrogens with zero attached hydrogens (tertiary/aromatic N) is 3.